The number of rotatable bonds is 5. The Hall–Kier alpha value is -1.82. The zero-order valence-electron chi connectivity index (χ0n) is 10.1. The Kier molecular flexibility index (Phi) is 3.13. The predicted octanol–water partition coefficient (Wildman–Crippen LogP) is 0.388. The van der Waals surface area contributed by atoms with Crippen molar-refractivity contribution in [2.24, 2.45) is 0 Å². The topological polar surface area (TPSA) is 91.6 Å². The third-order valence-corrected chi connectivity index (χ3v) is 3.01. The van der Waals surface area contributed by atoms with E-state index < -0.39 is 11.6 Å². The van der Waals surface area contributed by atoms with Gasteiger partial charge in [-0.3, -0.25) is 4.79 Å². The maximum absolute atomic E-state index is 11.9. The average molecular weight is 252 g/mol. The van der Waals surface area contributed by atoms with E-state index in [1.807, 2.05) is 10.8 Å². The van der Waals surface area contributed by atoms with E-state index >= 15 is 0 Å². The minimum atomic E-state index is -1.95. The second-order valence-electron chi connectivity index (χ2n) is 4.79. The highest BCUT2D eigenvalue weighted by atomic mass is 16.4. The molecule has 0 aliphatic heterocycles. The minimum Gasteiger partial charge on any atom is -0.479 e. The molecule has 0 spiro atoms. The summed E-state index contributed by atoms with van der Waals surface area (Å²) in [6, 6.07) is 3.84. The van der Waals surface area contributed by atoms with Crippen molar-refractivity contribution in [1.82, 2.24) is 9.88 Å². The van der Waals surface area contributed by atoms with E-state index in [1.165, 1.54) is 0 Å². The van der Waals surface area contributed by atoms with Crippen molar-refractivity contribution >= 4 is 11.9 Å². The first-order valence-electron chi connectivity index (χ1n) is 5.82. The van der Waals surface area contributed by atoms with Gasteiger partial charge in [0.2, 0.25) is 0 Å². The molecule has 0 radical (unpaired) electrons. The number of amides is 1. The zero-order valence-corrected chi connectivity index (χ0v) is 10.1. The van der Waals surface area contributed by atoms with Gasteiger partial charge in [0.05, 0.1) is 6.54 Å². The Bertz CT molecular complexity index is 474. The molecule has 2 rings (SSSR count). The second-order valence-corrected chi connectivity index (χ2v) is 4.79. The van der Waals surface area contributed by atoms with Crippen molar-refractivity contribution in [2.75, 3.05) is 6.54 Å². The number of carbonyl (C=O) groups is 2. The van der Waals surface area contributed by atoms with Crippen LogP contribution >= 0.6 is 0 Å². The van der Waals surface area contributed by atoms with E-state index in [1.54, 1.807) is 12.1 Å². The van der Waals surface area contributed by atoms with Crippen LogP contribution in [0.5, 0.6) is 0 Å². The van der Waals surface area contributed by atoms with Crippen LogP contribution in [0.2, 0.25) is 0 Å². The summed E-state index contributed by atoms with van der Waals surface area (Å²) in [6.45, 7) is 0.826. The number of aliphatic carboxylic acids is 1. The van der Waals surface area contributed by atoms with Crippen LogP contribution in [0.3, 0.4) is 0 Å². The Morgan fingerprint density at radius 3 is 2.78 bits per heavy atom. The normalized spacial score (nSPS) is 18.1. The molecule has 1 unspecified atom stereocenters. The molecule has 18 heavy (non-hydrogen) atoms. The molecule has 1 atom stereocenters. The smallest absolute Gasteiger partial charge is 0.337 e. The number of nitrogens with zero attached hydrogens (tertiary/aromatic N) is 1. The van der Waals surface area contributed by atoms with Crippen molar-refractivity contribution in [3.8, 4) is 0 Å². The highest BCUT2D eigenvalue weighted by Crippen LogP contribution is 2.35. The summed E-state index contributed by atoms with van der Waals surface area (Å²) in [5.74, 6) is -1.73. The standard InChI is InChI=1S/C12H16N2O4/c1-12(18,11(16)17)7-13-10(15)9-3-2-6-14(9)8-4-5-8/h2-3,6,8,18H,4-5,7H2,1H3,(H,13,15)(H,16,17). The summed E-state index contributed by atoms with van der Waals surface area (Å²) in [7, 11) is 0. The molecule has 1 amide bonds. The van der Waals surface area contributed by atoms with E-state index in [-0.39, 0.29) is 12.5 Å². The van der Waals surface area contributed by atoms with Crippen LogP contribution in [0.1, 0.15) is 36.3 Å². The van der Waals surface area contributed by atoms with Gasteiger partial charge < -0.3 is 20.1 Å². The van der Waals surface area contributed by atoms with Crippen molar-refractivity contribution in [2.45, 2.75) is 31.4 Å². The second kappa shape index (κ2) is 4.45. The maximum atomic E-state index is 11.9. The highest BCUT2D eigenvalue weighted by Gasteiger charge is 2.31. The molecule has 1 aromatic rings. The van der Waals surface area contributed by atoms with Crippen LogP contribution in [-0.2, 0) is 4.79 Å². The van der Waals surface area contributed by atoms with Crippen molar-refractivity contribution in [3.05, 3.63) is 24.0 Å². The van der Waals surface area contributed by atoms with Gasteiger partial charge in [-0.25, -0.2) is 4.79 Å². The SMILES string of the molecule is CC(O)(CNC(=O)c1cccn1C1CC1)C(=O)O. The highest BCUT2D eigenvalue weighted by molar-refractivity contribution is 5.93. The Morgan fingerprint density at radius 2 is 2.22 bits per heavy atom. The molecule has 0 bridgehead atoms. The van der Waals surface area contributed by atoms with Gasteiger partial charge in [0, 0.05) is 12.2 Å². The fraction of sp³-hybridized carbons (Fsp3) is 0.500. The van der Waals surface area contributed by atoms with Crippen molar-refractivity contribution < 1.29 is 19.8 Å². The number of carbonyl (C=O) groups excluding carboxylic acids is 1. The first-order valence-corrected chi connectivity index (χ1v) is 5.82. The van der Waals surface area contributed by atoms with Gasteiger partial charge in [-0.05, 0) is 31.9 Å². The van der Waals surface area contributed by atoms with E-state index in [4.69, 9.17) is 5.11 Å². The van der Waals surface area contributed by atoms with Gasteiger partial charge >= 0.3 is 5.97 Å². The van der Waals surface area contributed by atoms with E-state index in [2.05, 4.69) is 5.32 Å². The molecule has 1 heterocycles. The summed E-state index contributed by atoms with van der Waals surface area (Å²) in [5, 5.41) is 20.7. The first-order chi connectivity index (χ1) is 8.42. The third-order valence-electron chi connectivity index (χ3n) is 3.01. The number of aromatic nitrogens is 1. The van der Waals surface area contributed by atoms with Crippen LogP contribution in [0.25, 0.3) is 0 Å². The summed E-state index contributed by atoms with van der Waals surface area (Å²) < 4.78 is 1.88. The predicted molar refractivity (Wildman–Crippen MR) is 63.3 cm³/mol. The Morgan fingerprint density at radius 1 is 1.56 bits per heavy atom. The van der Waals surface area contributed by atoms with E-state index in [0.717, 1.165) is 19.8 Å². The van der Waals surface area contributed by atoms with E-state index in [0.29, 0.717) is 11.7 Å². The van der Waals surface area contributed by atoms with Crippen LogP contribution in [0, 0.1) is 0 Å². The lowest BCUT2D eigenvalue weighted by atomic mass is 10.1. The lowest BCUT2D eigenvalue weighted by Gasteiger charge is -2.18. The Balaban J connectivity index is 1.99. The lowest BCUT2D eigenvalue weighted by Crippen LogP contribution is -2.46. The largest absolute Gasteiger partial charge is 0.479 e. The number of hydrogen-bond donors (Lipinski definition) is 3. The summed E-state index contributed by atoms with van der Waals surface area (Å²) in [5.41, 5.74) is -1.45. The van der Waals surface area contributed by atoms with E-state index in [9.17, 15) is 14.7 Å². The maximum Gasteiger partial charge on any atom is 0.337 e. The molecule has 1 saturated carbocycles. The summed E-state index contributed by atoms with van der Waals surface area (Å²) in [4.78, 5) is 22.6. The van der Waals surface area contributed by atoms with Gasteiger partial charge in [-0.1, -0.05) is 0 Å². The summed E-state index contributed by atoms with van der Waals surface area (Å²) in [6.07, 6.45) is 3.95. The fourth-order valence-electron chi connectivity index (χ4n) is 1.68. The Labute approximate surface area is 104 Å². The molecule has 98 valence electrons. The molecular weight excluding hydrogens is 236 g/mol. The number of carboxylic acids is 1. The van der Waals surface area contributed by atoms with Crippen LogP contribution < -0.4 is 5.32 Å². The van der Waals surface area contributed by atoms with Crippen molar-refractivity contribution in [1.29, 1.82) is 0 Å². The van der Waals surface area contributed by atoms with Gasteiger partial charge in [0.1, 0.15) is 5.69 Å². The molecule has 1 aromatic heterocycles. The van der Waals surface area contributed by atoms with Gasteiger partial charge in [0.15, 0.2) is 5.60 Å². The molecule has 6 nitrogen and oxygen atoms in total. The van der Waals surface area contributed by atoms with Gasteiger partial charge in [-0.2, -0.15) is 0 Å². The summed E-state index contributed by atoms with van der Waals surface area (Å²) >= 11 is 0. The minimum absolute atomic E-state index is 0.322. The van der Waals surface area contributed by atoms with Gasteiger partial charge in [0.25, 0.3) is 5.91 Å². The first kappa shape index (κ1) is 12.6. The third kappa shape index (κ3) is 2.53. The van der Waals surface area contributed by atoms with Crippen LogP contribution in [0.15, 0.2) is 18.3 Å². The molecule has 1 aliphatic carbocycles. The molecule has 1 fully saturated rings. The average Bonchev–Trinajstić information content (AvgIpc) is 3.04. The number of carboxylic acid groups (broad SMARTS) is 1. The molecular formula is C12H16N2O4. The number of nitrogens with one attached hydrogen (secondary N) is 1. The van der Waals surface area contributed by atoms with Crippen molar-refractivity contribution in [3.63, 3.8) is 0 Å². The zero-order chi connectivity index (χ0) is 13.3. The molecule has 1 aliphatic rings. The lowest BCUT2D eigenvalue weighted by molar-refractivity contribution is -0.155. The van der Waals surface area contributed by atoms with Crippen LogP contribution in [0.4, 0.5) is 0 Å². The molecule has 3 N–H and O–H groups in total. The molecule has 6 heteroatoms. The monoisotopic (exact) mass is 252 g/mol. The van der Waals surface area contributed by atoms with Gasteiger partial charge in [-0.15, -0.1) is 0 Å². The van der Waals surface area contributed by atoms with Crippen LogP contribution in [-0.4, -0.2) is 38.8 Å². The number of hydrogen-bond acceptors (Lipinski definition) is 3. The number of aliphatic hydroxyl groups is 1. The fourth-order valence-corrected chi connectivity index (χ4v) is 1.68. The molecule has 0 aromatic carbocycles. The molecule has 0 saturated heterocycles. The quantitative estimate of drug-likeness (QED) is 0.707.